The first kappa shape index (κ1) is 20.8. The number of carbonyl (C=O) groups is 2. The summed E-state index contributed by atoms with van der Waals surface area (Å²) < 4.78 is 1.15. The van der Waals surface area contributed by atoms with E-state index in [1.807, 2.05) is 66.0 Å². The molecule has 4 aromatic rings. The number of benzene rings is 2. The normalized spacial score (nSPS) is 11.8. The van der Waals surface area contributed by atoms with Gasteiger partial charge in [0.25, 0.3) is 5.91 Å². The Morgan fingerprint density at radius 1 is 1.00 bits per heavy atom. The van der Waals surface area contributed by atoms with Crippen LogP contribution in [0.2, 0.25) is 0 Å². The molecular weight excluding hydrogens is 406 g/mol. The zero-order chi connectivity index (χ0) is 21.6. The highest BCUT2D eigenvalue weighted by Crippen LogP contribution is 2.26. The number of thiophene rings is 1. The summed E-state index contributed by atoms with van der Waals surface area (Å²) in [6.45, 7) is 0. The monoisotopic (exact) mass is 429 g/mol. The predicted octanol–water partition coefficient (Wildman–Crippen LogP) is 4.23. The van der Waals surface area contributed by atoms with Crippen molar-refractivity contribution in [1.29, 1.82) is 0 Å². The molecule has 0 fully saturated rings. The molecule has 4 rings (SSSR count). The Hall–Kier alpha value is -3.51. The first-order valence-electron chi connectivity index (χ1n) is 10.1. The number of nitrogens with zero attached hydrogens (tertiary/aromatic N) is 2. The van der Waals surface area contributed by atoms with E-state index in [1.54, 1.807) is 36.7 Å². The molecular formula is C25H23N3O2S. The lowest BCUT2D eigenvalue weighted by Crippen LogP contribution is -2.49. The zero-order valence-electron chi connectivity index (χ0n) is 17.2. The van der Waals surface area contributed by atoms with Crippen LogP contribution >= 0.6 is 11.3 Å². The van der Waals surface area contributed by atoms with E-state index in [2.05, 4.69) is 10.3 Å². The summed E-state index contributed by atoms with van der Waals surface area (Å²) in [4.78, 5) is 31.9. The number of pyridine rings is 1. The van der Waals surface area contributed by atoms with Gasteiger partial charge in [0.05, 0.1) is 6.42 Å². The second-order valence-corrected chi connectivity index (χ2v) is 8.24. The van der Waals surface area contributed by atoms with Gasteiger partial charge in [-0.05, 0) is 40.1 Å². The van der Waals surface area contributed by atoms with Crippen LogP contribution in [0.4, 0.5) is 5.82 Å². The minimum atomic E-state index is -0.688. The predicted molar refractivity (Wildman–Crippen MR) is 125 cm³/mol. The van der Waals surface area contributed by atoms with Crippen LogP contribution in [0.1, 0.15) is 11.1 Å². The Morgan fingerprint density at radius 2 is 1.74 bits per heavy atom. The van der Waals surface area contributed by atoms with Gasteiger partial charge in [-0.3, -0.25) is 14.5 Å². The van der Waals surface area contributed by atoms with Gasteiger partial charge in [-0.15, -0.1) is 11.3 Å². The van der Waals surface area contributed by atoms with Gasteiger partial charge in [0.15, 0.2) is 0 Å². The fourth-order valence-corrected chi connectivity index (χ4v) is 4.50. The summed E-state index contributed by atoms with van der Waals surface area (Å²) in [5.41, 5.74) is 1.96. The van der Waals surface area contributed by atoms with Crippen LogP contribution in [0.25, 0.3) is 10.1 Å². The van der Waals surface area contributed by atoms with Crippen molar-refractivity contribution in [3.8, 4) is 0 Å². The van der Waals surface area contributed by atoms with Crippen molar-refractivity contribution in [3.63, 3.8) is 0 Å². The maximum atomic E-state index is 13.3. The second-order valence-electron chi connectivity index (χ2n) is 7.33. The molecule has 0 radical (unpaired) electrons. The summed E-state index contributed by atoms with van der Waals surface area (Å²) in [6, 6.07) is 22.5. The van der Waals surface area contributed by atoms with Crippen molar-refractivity contribution in [2.75, 3.05) is 11.9 Å². The van der Waals surface area contributed by atoms with Gasteiger partial charge in [0.2, 0.25) is 5.91 Å². The van der Waals surface area contributed by atoms with E-state index in [1.165, 1.54) is 4.90 Å². The average molecular weight is 430 g/mol. The Morgan fingerprint density at radius 3 is 2.52 bits per heavy atom. The van der Waals surface area contributed by atoms with E-state index in [9.17, 15) is 9.59 Å². The quantitative estimate of drug-likeness (QED) is 0.478. The van der Waals surface area contributed by atoms with E-state index in [-0.39, 0.29) is 18.2 Å². The van der Waals surface area contributed by atoms with Crippen LogP contribution in [0.3, 0.4) is 0 Å². The number of hydrogen-bond acceptors (Lipinski definition) is 4. The fraction of sp³-hybridized carbons (Fsp3) is 0.160. The number of carbonyl (C=O) groups excluding carboxylic acids is 2. The summed E-state index contributed by atoms with van der Waals surface area (Å²) >= 11 is 1.62. The molecule has 6 heteroatoms. The number of hydrogen-bond donors (Lipinski definition) is 1. The van der Waals surface area contributed by atoms with Crippen LogP contribution in [0, 0.1) is 0 Å². The highest BCUT2D eigenvalue weighted by Gasteiger charge is 2.26. The Bertz CT molecular complexity index is 1180. The van der Waals surface area contributed by atoms with Gasteiger partial charge < -0.3 is 5.32 Å². The topological polar surface area (TPSA) is 62.3 Å². The van der Waals surface area contributed by atoms with E-state index in [4.69, 9.17) is 0 Å². The van der Waals surface area contributed by atoms with Gasteiger partial charge in [-0.2, -0.15) is 0 Å². The number of anilines is 1. The van der Waals surface area contributed by atoms with Gasteiger partial charge >= 0.3 is 0 Å². The summed E-state index contributed by atoms with van der Waals surface area (Å²) in [6.07, 6.45) is 2.29. The number of likely N-dealkylation sites (N-methyl/N-ethyl adjacent to an activating group) is 1. The molecule has 1 N–H and O–H groups in total. The Labute approximate surface area is 185 Å². The van der Waals surface area contributed by atoms with Gasteiger partial charge in [-0.1, -0.05) is 54.6 Å². The van der Waals surface area contributed by atoms with Crippen molar-refractivity contribution in [2.24, 2.45) is 0 Å². The number of rotatable bonds is 7. The lowest BCUT2D eigenvalue weighted by molar-refractivity contribution is -0.127. The van der Waals surface area contributed by atoms with Gasteiger partial charge in [0.1, 0.15) is 11.9 Å². The SMILES string of the molecule is CN(C(=O)C(Cc1ccccc1)NC(=O)Cc1csc2ccccc12)c1ccccn1. The van der Waals surface area contributed by atoms with Crippen LogP contribution in [-0.2, 0) is 22.4 Å². The van der Waals surface area contributed by atoms with Crippen LogP contribution in [-0.4, -0.2) is 29.9 Å². The first-order chi connectivity index (χ1) is 15.1. The second kappa shape index (κ2) is 9.53. The third kappa shape index (κ3) is 4.98. The van der Waals surface area contributed by atoms with E-state index < -0.39 is 6.04 Å². The largest absolute Gasteiger partial charge is 0.344 e. The molecule has 0 aliphatic rings. The molecule has 1 unspecified atom stereocenters. The van der Waals surface area contributed by atoms with Crippen molar-refractivity contribution < 1.29 is 9.59 Å². The van der Waals surface area contributed by atoms with E-state index in [0.717, 1.165) is 21.2 Å². The molecule has 31 heavy (non-hydrogen) atoms. The number of fused-ring (bicyclic) bond motifs is 1. The number of nitrogens with one attached hydrogen (secondary N) is 1. The molecule has 0 bridgehead atoms. The molecule has 5 nitrogen and oxygen atoms in total. The summed E-state index contributed by atoms with van der Waals surface area (Å²) in [7, 11) is 1.68. The summed E-state index contributed by atoms with van der Waals surface area (Å²) in [5.74, 6) is 0.168. The van der Waals surface area contributed by atoms with Crippen molar-refractivity contribution in [2.45, 2.75) is 18.9 Å². The maximum Gasteiger partial charge on any atom is 0.250 e. The number of amides is 2. The molecule has 0 saturated carbocycles. The van der Waals surface area contributed by atoms with E-state index >= 15 is 0 Å². The van der Waals surface area contributed by atoms with Crippen molar-refractivity contribution >= 4 is 39.1 Å². The van der Waals surface area contributed by atoms with Crippen molar-refractivity contribution in [1.82, 2.24) is 10.3 Å². The molecule has 2 heterocycles. The highest BCUT2D eigenvalue weighted by molar-refractivity contribution is 7.17. The third-order valence-corrected chi connectivity index (χ3v) is 6.16. The fourth-order valence-electron chi connectivity index (χ4n) is 3.54. The Kier molecular flexibility index (Phi) is 6.38. The lowest BCUT2D eigenvalue weighted by Gasteiger charge is -2.24. The lowest BCUT2D eigenvalue weighted by atomic mass is 10.0. The standard InChI is InChI=1S/C25H23N3O2S/c1-28(23-13-7-8-14-26-23)25(30)21(15-18-9-3-2-4-10-18)27-24(29)16-19-17-31-22-12-6-5-11-20(19)22/h2-14,17,21H,15-16H2,1H3,(H,27,29). The van der Waals surface area contributed by atoms with Gasteiger partial charge in [-0.25, -0.2) is 4.98 Å². The average Bonchev–Trinajstić information content (AvgIpc) is 3.21. The molecule has 0 spiro atoms. The molecule has 156 valence electrons. The third-order valence-electron chi connectivity index (χ3n) is 5.15. The molecule has 2 amide bonds. The minimum absolute atomic E-state index is 0.174. The molecule has 0 aliphatic heterocycles. The summed E-state index contributed by atoms with van der Waals surface area (Å²) in [5, 5.41) is 6.06. The van der Waals surface area contributed by atoms with Crippen LogP contribution in [0.15, 0.2) is 84.4 Å². The molecule has 2 aromatic carbocycles. The van der Waals surface area contributed by atoms with E-state index in [0.29, 0.717) is 12.2 Å². The van der Waals surface area contributed by atoms with Gasteiger partial charge in [0, 0.05) is 24.4 Å². The maximum absolute atomic E-state index is 13.3. The molecule has 0 saturated heterocycles. The van der Waals surface area contributed by atoms with Crippen molar-refractivity contribution in [3.05, 3.63) is 95.5 Å². The number of aromatic nitrogens is 1. The first-order valence-corrected chi connectivity index (χ1v) is 11.0. The Balaban J connectivity index is 1.53. The minimum Gasteiger partial charge on any atom is -0.344 e. The van der Waals surface area contributed by atoms with Crippen LogP contribution < -0.4 is 10.2 Å². The molecule has 2 aromatic heterocycles. The smallest absolute Gasteiger partial charge is 0.250 e. The zero-order valence-corrected chi connectivity index (χ0v) is 18.0. The molecule has 0 aliphatic carbocycles. The molecule has 1 atom stereocenters. The van der Waals surface area contributed by atoms with Crippen LogP contribution in [0.5, 0.6) is 0 Å². The highest BCUT2D eigenvalue weighted by atomic mass is 32.1.